The van der Waals surface area contributed by atoms with Gasteiger partial charge in [-0.05, 0) is 38.8 Å². The van der Waals surface area contributed by atoms with Gasteiger partial charge in [0.25, 0.3) is 0 Å². The lowest BCUT2D eigenvalue weighted by Crippen LogP contribution is -2.51. The highest BCUT2D eigenvalue weighted by Gasteiger charge is 2.28. The van der Waals surface area contributed by atoms with Crippen molar-refractivity contribution in [3.8, 4) is 11.1 Å². The first-order valence-corrected chi connectivity index (χ1v) is 15.8. The number of methoxy groups -OCH3 is 1. The van der Waals surface area contributed by atoms with Crippen LogP contribution in [0.5, 0.6) is 0 Å². The molecule has 1 atom stereocenters. The number of piperidine rings is 1. The van der Waals surface area contributed by atoms with E-state index in [1.54, 1.807) is 13.4 Å². The Labute approximate surface area is 204 Å². The second kappa shape index (κ2) is 11.9. The van der Waals surface area contributed by atoms with E-state index >= 15 is 0 Å². The number of nitrogens with one attached hydrogen (secondary N) is 1. The number of aromatic nitrogens is 4. The van der Waals surface area contributed by atoms with Gasteiger partial charge in [0.1, 0.15) is 12.0 Å². The van der Waals surface area contributed by atoms with Crippen molar-refractivity contribution in [2.75, 3.05) is 38.8 Å². The summed E-state index contributed by atoms with van der Waals surface area (Å²) in [6, 6.07) is 3.69. The molecule has 4 rings (SSSR count). The van der Waals surface area contributed by atoms with E-state index in [-0.39, 0.29) is 0 Å². The van der Waals surface area contributed by atoms with Crippen LogP contribution in [0.25, 0.3) is 22.2 Å². The van der Waals surface area contributed by atoms with Crippen LogP contribution in [0.4, 0.5) is 5.69 Å². The molecule has 3 aromatic rings. The number of likely N-dealkylation sites (N-methyl/N-ethyl adjacent to an activating group) is 1. The summed E-state index contributed by atoms with van der Waals surface area (Å²) >= 11 is 0. The van der Waals surface area contributed by atoms with Crippen molar-refractivity contribution in [1.82, 2.24) is 24.7 Å². The van der Waals surface area contributed by atoms with Gasteiger partial charge in [-0.3, -0.25) is 0 Å². The predicted molar refractivity (Wildman–Crippen MR) is 144 cm³/mol. The maximum atomic E-state index is 9.94. The molecule has 3 aromatic heterocycles. The SMILES string of the molecule is CB(O)N(C)[C@H]1CCCN(c2ccnc3[nH]cc(-c4cncnc4)c23)C1.COCC[Si](C)(C)C. The van der Waals surface area contributed by atoms with E-state index in [1.807, 2.05) is 43.5 Å². The fraction of sp³-hybridized carbons (Fsp3) is 0.542. The minimum atomic E-state index is -0.803. The van der Waals surface area contributed by atoms with Crippen molar-refractivity contribution >= 4 is 31.8 Å². The van der Waals surface area contributed by atoms with Crippen LogP contribution >= 0.6 is 0 Å². The Morgan fingerprint density at radius 2 is 2.03 bits per heavy atom. The summed E-state index contributed by atoms with van der Waals surface area (Å²) < 4.78 is 4.95. The van der Waals surface area contributed by atoms with E-state index in [9.17, 15) is 5.02 Å². The highest BCUT2D eigenvalue weighted by atomic mass is 28.3. The maximum Gasteiger partial charge on any atom is 0.376 e. The number of H-pyrrole nitrogens is 1. The average molecular weight is 483 g/mol. The molecule has 0 unspecified atom stereocenters. The van der Waals surface area contributed by atoms with E-state index < -0.39 is 15.1 Å². The Bertz CT molecular complexity index is 1030. The lowest BCUT2D eigenvalue weighted by molar-refractivity contribution is 0.214. The molecule has 0 amide bonds. The molecule has 0 saturated carbocycles. The van der Waals surface area contributed by atoms with E-state index in [1.165, 1.54) is 11.7 Å². The van der Waals surface area contributed by atoms with E-state index in [0.717, 1.165) is 54.7 Å². The summed E-state index contributed by atoms with van der Waals surface area (Å²) in [5.41, 5.74) is 4.07. The molecule has 0 bridgehead atoms. The molecule has 0 aromatic carbocycles. The van der Waals surface area contributed by atoms with Gasteiger partial charge in [0.05, 0.1) is 5.39 Å². The zero-order chi connectivity index (χ0) is 24.7. The number of pyridine rings is 1. The summed E-state index contributed by atoms with van der Waals surface area (Å²) in [7, 11) is 2.51. The van der Waals surface area contributed by atoms with Crippen LogP contribution in [0.2, 0.25) is 32.5 Å². The van der Waals surface area contributed by atoms with Crippen molar-refractivity contribution in [2.24, 2.45) is 0 Å². The van der Waals surface area contributed by atoms with Crippen LogP contribution in [0, 0.1) is 0 Å². The van der Waals surface area contributed by atoms with Gasteiger partial charge in [-0.1, -0.05) is 19.6 Å². The normalized spacial score (nSPS) is 16.5. The Kier molecular flexibility index (Phi) is 9.24. The van der Waals surface area contributed by atoms with Gasteiger partial charge in [-0.15, -0.1) is 0 Å². The van der Waals surface area contributed by atoms with Crippen molar-refractivity contribution in [2.45, 2.75) is 51.4 Å². The van der Waals surface area contributed by atoms with Gasteiger partial charge in [0.15, 0.2) is 0 Å². The van der Waals surface area contributed by atoms with Crippen LogP contribution in [0.3, 0.4) is 0 Å². The predicted octanol–water partition coefficient (Wildman–Crippen LogP) is 4.00. The Balaban J connectivity index is 0.000000350. The molecule has 2 N–H and O–H groups in total. The summed E-state index contributed by atoms with van der Waals surface area (Å²) in [5, 5.41) is 11.0. The largest absolute Gasteiger partial charge is 0.437 e. The van der Waals surface area contributed by atoms with Crippen LogP contribution in [-0.4, -0.2) is 84.8 Å². The van der Waals surface area contributed by atoms with Gasteiger partial charge in [0.2, 0.25) is 0 Å². The minimum Gasteiger partial charge on any atom is -0.437 e. The molecule has 1 aliphatic rings. The third-order valence-electron chi connectivity index (χ3n) is 6.38. The van der Waals surface area contributed by atoms with Crippen LogP contribution in [-0.2, 0) is 4.74 Å². The second-order valence-electron chi connectivity index (χ2n) is 10.2. The molecule has 184 valence electrons. The summed E-state index contributed by atoms with van der Waals surface area (Å²) in [5.74, 6) is 0. The molecule has 1 aliphatic heterocycles. The summed E-state index contributed by atoms with van der Waals surface area (Å²) in [6.45, 7) is 11.7. The van der Waals surface area contributed by atoms with E-state index in [2.05, 4.69) is 50.5 Å². The van der Waals surface area contributed by atoms with Gasteiger partial charge >= 0.3 is 7.05 Å². The second-order valence-corrected chi connectivity index (χ2v) is 15.8. The van der Waals surface area contributed by atoms with Crippen molar-refractivity contribution in [3.63, 3.8) is 0 Å². The van der Waals surface area contributed by atoms with Crippen molar-refractivity contribution in [1.29, 1.82) is 0 Å². The van der Waals surface area contributed by atoms with Crippen LogP contribution < -0.4 is 4.90 Å². The number of rotatable bonds is 7. The lowest BCUT2D eigenvalue weighted by atomic mass is 9.82. The molecule has 1 saturated heterocycles. The molecule has 0 radical (unpaired) electrons. The van der Waals surface area contributed by atoms with Gasteiger partial charge in [-0.25, -0.2) is 15.0 Å². The molecule has 34 heavy (non-hydrogen) atoms. The monoisotopic (exact) mass is 482 g/mol. The molecular weight excluding hydrogens is 443 g/mol. The first-order valence-electron chi connectivity index (χ1n) is 12.1. The van der Waals surface area contributed by atoms with Crippen molar-refractivity contribution in [3.05, 3.63) is 37.2 Å². The third kappa shape index (κ3) is 6.88. The fourth-order valence-corrected chi connectivity index (χ4v) is 5.00. The Hall–Kier alpha value is -2.27. The first-order chi connectivity index (χ1) is 16.2. The molecule has 8 nitrogen and oxygen atoms in total. The standard InChI is InChI=1S/C18H23BN6O.C6H16OSi/c1-19(26)24(2)14-4-3-7-25(11-14)16-5-6-22-18-17(16)15(10-23-18)13-8-20-12-21-9-13;1-7-5-6-8(2,3)4/h5-6,8-10,12,14,26H,3-4,7,11H2,1-2H3,(H,22,23);5-6H2,1-4H3/t14-;/m0./s1. The smallest absolute Gasteiger partial charge is 0.376 e. The molecule has 0 spiro atoms. The molecule has 10 heteroatoms. The number of fused-ring (bicyclic) bond motifs is 1. The van der Waals surface area contributed by atoms with E-state index in [4.69, 9.17) is 4.74 Å². The number of hydrogen-bond acceptors (Lipinski definition) is 7. The van der Waals surface area contributed by atoms with Crippen molar-refractivity contribution < 1.29 is 9.76 Å². The zero-order valence-electron chi connectivity index (χ0n) is 21.5. The first kappa shape index (κ1) is 26.3. The van der Waals surface area contributed by atoms with Gasteiger partial charge in [-0.2, -0.15) is 0 Å². The number of hydrogen-bond donors (Lipinski definition) is 2. The molecule has 4 heterocycles. The maximum absolute atomic E-state index is 9.94. The minimum absolute atomic E-state index is 0.328. The van der Waals surface area contributed by atoms with Gasteiger partial charge < -0.3 is 24.5 Å². The Morgan fingerprint density at radius 1 is 1.29 bits per heavy atom. The van der Waals surface area contributed by atoms with Crippen LogP contribution in [0.1, 0.15) is 12.8 Å². The van der Waals surface area contributed by atoms with E-state index in [0.29, 0.717) is 6.04 Å². The number of anilines is 1. The average Bonchev–Trinajstić information content (AvgIpc) is 3.27. The highest BCUT2D eigenvalue weighted by molar-refractivity contribution is 6.76. The zero-order valence-corrected chi connectivity index (χ0v) is 22.5. The third-order valence-corrected chi connectivity index (χ3v) is 8.09. The van der Waals surface area contributed by atoms with Gasteiger partial charge in [0, 0.05) is 82.5 Å². The number of ether oxygens (including phenoxy) is 1. The molecule has 0 aliphatic carbocycles. The molecule has 1 fully saturated rings. The summed E-state index contributed by atoms with van der Waals surface area (Å²) in [6.07, 6.45) is 11.2. The lowest BCUT2D eigenvalue weighted by Gasteiger charge is -2.39. The highest BCUT2D eigenvalue weighted by Crippen LogP contribution is 2.35. The fourth-order valence-electron chi connectivity index (χ4n) is 4.19. The number of aromatic amines is 1. The summed E-state index contributed by atoms with van der Waals surface area (Å²) in [4.78, 5) is 20.5. The number of nitrogens with zero attached hydrogens (tertiary/aromatic N) is 5. The molecular formula is C24H39BN6O2Si. The topological polar surface area (TPSA) is 90.4 Å². The quantitative estimate of drug-likeness (QED) is 0.492. The Morgan fingerprint density at radius 3 is 2.65 bits per heavy atom. The van der Waals surface area contributed by atoms with Crippen LogP contribution in [0.15, 0.2) is 37.2 Å².